The molecule has 1 saturated heterocycles. The predicted octanol–water partition coefficient (Wildman–Crippen LogP) is 3.60. The largest absolute Gasteiger partial charge is 0.461 e. The molecule has 1 unspecified atom stereocenters. The lowest BCUT2D eigenvalue weighted by Gasteiger charge is -2.32. The number of carbonyl (C=O) groups is 1. The lowest BCUT2D eigenvalue weighted by molar-refractivity contribution is -0.167. The standard InChI is InChI=1S/C22H27NO3/c1-3-23-16-10-15-20(23)17-26-21(24)22(25-2,18-11-6-4-7-12-18)19-13-8-5-9-14-19/h4-9,11-14,20H,3,10,15-17H2,1-2H3. The SMILES string of the molecule is CCN1CCCC1COC(=O)C(OC)(c1ccccc1)c1ccccc1. The van der Waals surface area contributed by atoms with Crippen molar-refractivity contribution in [3.05, 3.63) is 71.8 Å². The number of hydrogen-bond acceptors (Lipinski definition) is 4. The van der Waals surface area contributed by atoms with E-state index >= 15 is 0 Å². The molecule has 1 fully saturated rings. The molecule has 138 valence electrons. The second-order valence-electron chi connectivity index (χ2n) is 6.64. The Bertz CT molecular complexity index is 662. The molecule has 0 bridgehead atoms. The molecular weight excluding hydrogens is 326 g/mol. The van der Waals surface area contributed by atoms with Crippen LogP contribution in [0.3, 0.4) is 0 Å². The van der Waals surface area contributed by atoms with E-state index in [4.69, 9.17) is 9.47 Å². The monoisotopic (exact) mass is 353 g/mol. The van der Waals surface area contributed by atoms with Crippen LogP contribution in [-0.2, 0) is 19.9 Å². The van der Waals surface area contributed by atoms with E-state index in [0.29, 0.717) is 12.6 Å². The van der Waals surface area contributed by atoms with Crippen molar-refractivity contribution in [3.63, 3.8) is 0 Å². The molecular formula is C22H27NO3. The smallest absolute Gasteiger partial charge is 0.347 e. The summed E-state index contributed by atoms with van der Waals surface area (Å²) in [7, 11) is 1.56. The Hall–Kier alpha value is -2.17. The van der Waals surface area contributed by atoms with Gasteiger partial charge in [-0.15, -0.1) is 0 Å². The summed E-state index contributed by atoms with van der Waals surface area (Å²) in [6.45, 7) is 4.60. The Morgan fingerprint density at radius 3 is 2.15 bits per heavy atom. The fourth-order valence-electron chi connectivity index (χ4n) is 3.84. The molecule has 1 aliphatic heterocycles. The van der Waals surface area contributed by atoms with Crippen molar-refractivity contribution in [2.75, 3.05) is 26.8 Å². The zero-order valence-corrected chi connectivity index (χ0v) is 15.6. The number of methoxy groups -OCH3 is 1. The highest BCUT2D eigenvalue weighted by molar-refractivity contribution is 5.85. The number of ether oxygens (including phenoxy) is 2. The molecule has 1 aliphatic rings. The van der Waals surface area contributed by atoms with E-state index in [1.807, 2.05) is 60.7 Å². The van der Waals surface area contributed by atoms with Gasteiger partial charge in [-0.25, -0.2) is 4.79 Å². The number of likely N-dealkylation sites (tertiary alicyclic amines) is 1. The molecule has 0 spiro atoms. The minimum atomic E-state index is -1.25. The molecule has 1 heterocycles. The van der Waals surface area contributed by atoms with Crippen LogP contribution in [0.1, 0.15) is 30.9 Å². The first-order valence-corrected chi connectivity index (χ1v) is 9.29. The summed E-state index contributed by atoms with van der Waals surface area (Å²) in [5.74, 6) is -0.361. The van der Waals surface area contributed by atoms with Crippen LogP contribution in [0.4, 0.5) is 0 Å². The van der Waals surface area contributed by atoms with Crippen molar-refractivity contribution in [2.24, 2.45) is 0 Å². The maximum Gasteiger partial charge on any atom is 0.347 e. The van der Waals surface area contributed by atoms with Crippen LogP contribution in [0.2, 0.25) is 0 Å². The Morgan fingerprint density at radius 2 is 1.65 bits per heavy atom. The number of carbonyl (C=O) groups excluding carboxylic acids is 1. The molecule has 26 heavy (non-hydrogen) atoms. The third kappa shape index (κ3) is 3.53. The Morgan fingerprint density at radius 1 is 1.08 bits per heavy atom. The van der Waals surface area contributed by atoms with Crippen LogP contribution in [0.25, 0.3) is 0 Å². The Labute approximate surface area is 155 Å². The first-order valence-electron chi connectivity index (χ1n) is 9.29. The number of nitrogens with zero attached hydrogens (tertiary/aromatic N) is 1. The first kappa shape index (κ1) is 18.6. The molecule has 0 saturated carbocycles. The van der Waals surface area contributed by atoms with Gasteiger partial charge in [0.25, 0.3) is 0 Å². The fraction of sp³-hybridized carbons (Fsp3) is 0.409. The molecule has 4 nitrogen and oxygen atoms in total. The van der Waals surface area contributed by atoms with E-state index in [0.717, 1.165) is 37.1 Å². The van der Waals surface area contributed by atoms with Gasteiger partial charge in [0.2, 0.25) is 5.60 Å². The van der Waals surface area contributed by atoms with Gasteiger partial charge in [0.15, 0.2) is 0 Å². The predicted molar refractivity (Wildman–Crippen MR) is 102 cm³/mol. The van der Waals surface area contributed by atoms with Crippen LogP contribution in [0.5, 0.6) is 0 Å². The molecule has 3 rings (SSSR count). The first-order chi connectivity index (χ1) is 12.7. The second kappa shape index (κ2) is 8.47. The average Bonchev–Trinajstić information content (AvgIpc) is 3.17. The molecule has 0 amide bonds. The molecule has 0 aliphatic carbocycles. The molecule has 2 aromatic carbocycles. The zero-order chi connectivity index (χ0) is 18.4. The van der Waals surface area contributed by atoms with Gasteiger partial charge in [-0.05, 0) is 37.1 Å². The summed E-state index contributed by atoms with van der Waals surface area (Å²) in [4.78, 5) is 15.7. The lowest BCUT2D eigenvalue weighted by atomic mass is 9.86. The normalized spacial score (nSPS) is 18.0. The van der Waals surface area contributed by atoms with E-state index in [9.17, 15) is 4.79 Å². The van der Waals surface area contributed by atoms with Gasteiger partial charge in [-0.3, -0.25) is 4.90 Å². The van der Waals surface area contributed by atoms with Gasteiger partial charge in [0.1, 0.15) is 6.61 Å². The number of hydrogen-bond donors (Lipinski definition) is 0. The minimum absolute atomic E-state index is 0.296. The van der Waals surface area contributed by atoms with E-state index in [1.165, 1.54) is 0 Å². The van der Waals surface area contributed by atoms with Gasteiger partial charge in [-0.1, -0.05) is 67.6 Å². The number of likely N-dealkylation sites (N-methyl/N-ethyl adjacent to an activating group) is 1. The minimum Gasteiger partial charge on any atom is -0.461 e. The van der Waals surface area contributed by atoms with Gasteiger partial charge in [0, 0.05) is 13.2 Å². The Kier molecular flexibility index (Phi) is 6.07. The summed E-state index contributed by atoms with van der Waals surface area (Å²) in [6.07, 6.45) is 2.22. The van der Waals surface area contributed by atoms with Crippen LogP contribution in [-0.4, -0.2) is 43.7 Å². The van der Waals surface area contributed by atoms with E-state index < -0.39 is 5.60 Å². The molecule has 2 aromatic rings. The maximum atomic E-state index is 13.3. The van der Waals surface area contributed by atoms with E-state index in [2.05, 4.69) is 11.8 Å². The molecule has 0 N–H and O–H groups in total. The molecule has 1 atom stereocenters. The molecule has 0 aromatic heterocycles. The number of rotatable bonds is 7. The summed E-state index contributed by atoms with van der Waals surface area (Å²) >= 11 is 0. The highest BCUT2D eigenvalue weighted by Crippen LogP contribution is 2.35. The average molecular weight is 353 g/mol. The quantitative estimate of drug-likeness (QED) is 0.713. The summed E-state index contributed by atoms with van der Waals surface area (Å²) in [5.41, 5.74) is 0.299. The fourth-order valence-corrected chi connectivity index (χ4v) is 3.84. The van der Waals surface area contributed by atoms with Crippen molar-refractivity contribution in [1.82, 2.24) is 4.90 Å². The van der Waals surface area contributed by atoms with Crippen molar-refractivity contribution >= 4 is 5.97 Å². The third-order valence-electron chi connectivity index (χ3n) is 5.27. The zero-order valence-electron chi connectivity index (χ0n) is 15.6. The molecule has 4 heteroatoms. The van der Waals surface area contributed by atoms with Gasteiger partial charge in [0.05, 0.1) is 0 Å². The van der Waals surface area contributed by atoms with Crippen molar-refractivity contribution < 1.29 is 14.3 Å². The number of esters is 1. The van der Waals surface area contributed by atoms with Crippen molar-refractivity contribution in [3.8, 4) is 0 Å². The van der Waals surface area contributed by atoms with Crippen LogP contribution >= 0.6 is 0 Å². The van der Waals surface area contributed by atoms with Gasteiger partial charge < -0.3 is 9.47 Å². The van der Waals surface area contributed by atoms with Gasteiger partial charge in [-0.2, -0.15) is 0 Å². The lowest BCUT2D eigenvalue weighted by Crippen LogP contribution is -2.43. The van der Waals surface area contributed by atoms with Crippen LogP contribution in [0, 0.1) is 0 Å². The summed E-state index contributed by atoms with van der Waals surface area (Å²) in [5, 5.41) is 0. The van der Waals surface area contributed by atoms with Crippen LogP contribution in [0.15, 0.2) is 60.7 Å². The highest BCUT2D eigenvalue weighted by Gasteiger charge is 2.44. The maximum absolute atomic E-state index is 13.3. The molecule has 0 radical (unpaired) electrons. The summed E-state index contributed by atoms with van der Waals surface area (Å²) in [6, 6.07) is 19.4. The van der Waals surface area contributed by atoms with Gasteiger partial charge >= 0.3 is 5.97 Å². The highest BCUT2D eigenvalue weighted by atomic mass is 16.6. The number of benzene rings is 2. The second-order valence-corrected chi connectivity index (χ2v) is 6.64. The van der Waals surface area contributed by atoms with Crippen LogP contribution < -0.4 is 0 Å². The third-order valence-corrected chi connectivity index (χ3v) is 5.27. The Balaban J connectivity index is 1.89. The van der Waals surface area contributed by atoms with E-state index in [1.54, 1.807) is 7.11 Å². The van der Waals surface area contributed by atoms with Crippen molar-refractivity contribution in [1.29, 1.82) is 0 Å². The summed E-state index contributed by atoms with van der Waals surface area (Å²) < 4.78 is 11.7. The van der Waals surface area contributed by atoms with E-state index in [-0.39, 0.29) is 5.97 Å². The van der Waals surface area contributed by atoms with Crippen molar-refractivity contribution in [2.45, 2.75) is 31.4 Å². The topological polar surface area (TPSA) is 38.8 Å².